The monoisotopic (exact) mass is 204 g/mol. The maximum absolute atomic E-state index is 7.61. The highest BCUT2D eigenvalue weighted by Gasteiger charge is 2.14. The van der Waals surface area contributed by atoms with Gasteiger partial charge in [-0.1, -0.05) is 42.1 Å². The van der Waals surface area contributed by atoms with Crippen LogP contribution in [-0.2, 0) is 0 Å². The second-order valence-corrected chi connectivity index (χ2v) is 4.16. The molecule has 1 saturated heterocycles. The smallest absolute Gasteiger partial charge is 0.160 e. The van der Waals surface area contributed by atoms with Crippen molar-refractivity contribution in [1.29, 1.82) is 5.41 Å². The van der Waals surface area contributed by atoms with Crippen LogP contribution in [0.2, 0.25) is 0 Å². The summed E-state index contributed by atoms with van der Waals surface area (Å²) in [5.41, 5.74) is 1.18. The number of amidine groups is 1. The Kier molecular flexibility index (Phi) is 2.89. The largest absolute Gasteiger partial charge is 0.327 e. The molecule has 2 rings (SSSR count). The lowest BCUT2D eigenvalue weighted by molar-refractivity contribution is 0.621. The van der Waals surface area contributed by atoms with E-state index in [1.165, 1.54) is 5.56 Å². The molecule has 1 aliphatic rings. The number of rotatable bonds is 2. The van der Waals surface area contributed by atoms with Gasteiger partial charge in [-0.2, -0.15) is 0 Å². The molecule has 0 amide bonds. The molecule has 0 saturated carbocycles. The zero-order valence-electron chi connectivity index (χ0n) is 7.81. The van der Waals surface area contributed by atoms with Crippen LogP contribution in [0, 0.1) is 5.41 Å². The molecule has 0 aromatic heterocycles. The van der Waals surface area contributed by atoms with E-state index in [4.69, 9.17) is 5.41 Å². The van der Waals surface area contributed by atoms with Crippen LogP contribution >= 0.6 is 11.8 Å². The van der Waals surface area contributed by atoms with Crippen LogP contribution in [0.25, 0.3) is 6.08 Å². The minimum Gasteiger partial charge on any atom is -0.327 e. The molecule has 0 atom stereocenters. The summed E-state index contributed by atoms with van der Waals surface area (Å²) in [5, 5.41) is 8.26. The predicted molar refractivity (Wildman–Crippen MR) is 62.4 cm³/mol. The molecular formula is C11H12N2S. The molecule has 0 aliphatic carbocycles. The maximum atomic E-state index is 7.61. The predicted octanol–water partition coefficient (Wildman–Crippen LogP) is 2.64. The minimum absolute atomic E-state index is 0.650. The van der Waals surface area contributed by atoms with Gasteiger partial charge in [-0.05, 0) is 11.6 Å². The third-order valence-corrected chi connectivity index (χ3v) is 2.97. The number of benzene rings is 1. The molecule has 72 valence electrons. The summed E-state index contributed by atoms with van der Waals surface area (Å²) in [5.74, 6) is 1.03. The van der Waals surface area contributed by atoms with Crippen LogP contribution in [0.3, 0.4) is 0 Å². The highest BCUT2D eigenvalue weighted by atomic mass is 32.2. The first kappa shape index (κ1) is 9.34. The standard InChI is InChI=1S/C11H12N2S/c12-11-13(8-9-14-11)7-6-10-4-2-1-3-5-10/h1-7,12H,8-9H2. The molecule has 1 heterocycles. The van der Waals surface area contributed by atoms with E-state index in [1.54, 1.807) is 11.8 Å². The van der Waals surface area contributed by atoms with Gasteiger partial charge in [0.2, 0.25) is 0 Å². The van der Waals surface area contributed by atoms with E-state index in [9.17, 15) is 0 Å². The third-order valence-electron chi connectivity index (χ3n) is 2.08. The van der Waals surface area contributed by atoms with Crippen LogP contribution in [0.4, 0.5) is 0 Å². The Morgan fingerprint density at radius 3 is 2.71 bits per heavy atom. The van der Waals surface area contributed by atoms with Crippen LogP contribution in [-0.4, -0.2) is 22.4 Å². The van der Waals surface area contributed by atoms with Crippen LogP contribution < -0.4 is 0 Å². The molecule has 2 nitrogen and oxygen atoms in total. The van der Waals surface area contributed by atoms with Crippen molar-refractivity contribution in [2.24, 2.45) is 0 Å². The van der Waals surface area contributed by atoms with E-state index >= 15 is 0 Å². The maximum Gasteiger partial charge on any atom is 0.160 e. The molecule has 1 fully saturated rings. The van der Waals surface area contributed by atoms with Gasteiger partial charge in [-0.25, -0.2) is 0 Å². The molecule has 0 bridgehead atoms. The minimum atomic E-state index is 0.650. The molecule has 0 unspecified atom stereocenters. The zero-order valence-corrected chi connectivity index (χ0v) is 8.63. The van der Waals surface area contributed by atoms with Crippen molar-refractivity contribution < 1.29 is 0 Å². The van der Waals surface area contributed by atoms with Gasteiger partial charge in [-0.3, -0.25) is 5.41 Å². The SMILES string of the molecule is N=C1SCCN1C=Cc1ccccc1. The van der Waals surface area contributed by atoms with Gasteiger partial charge in [0.1, 0.15) is 0 Å². The second kappa shape index (κ2) is 4.33. The average molecular weight is 204 g/mol. The lowest BCUT2D eigenvalue weighted by atomic mass is 10.2. The van der Waals surface area contributed by atoms with E-state index in [0.717, 1.165) is 12.3 Å². The normalized spacial score (nSPS) is 16.9. The summed E-state index contributed by atoms with van der Waals surface area (Å²) in [6.45, 7) is 0.951. The summed E-state index contributed by atoms with van der Waals surface area (Å²) in [6, 6.07) is 10.2. The Morgan fingerprint density at radius 1 is 1.29 bits per heavy atom. The van der Waals surface area contributed by atoms with Gasteiger partial charge >= 0.3 is 0 Å². The first-order chi connectivity index (χ1) is 6.86. The fraction of sp³-hybridized carbons (Fsp3) is 0.182. The average Bonchev–Trinajstić information content (AvgIpc) is 2.63. The van der Waals surface area contributed by atoms with Gasteiger partial charge in [0.15, 0.2) is 5.17 Å². The van der Waals surface area contributed by atoms with Gasteiger partial charge < -0.3 is 4.90 Å². The number of thioether (sulfide) groups is 1. The van der Waals surface area contributed by atoms with Crippen LogP contribution in [0.5, 0.6) is 0 Å². The topological polar surface area (TPSA) is 27.1 Å². The number of nitrogens with zero attached hydrogens (tertiary/aromatic N) is 1. The van der Waals surface area contributed by atoms with E-state index in [1.807, 2.05) is 35.4 Å². The van der Waals surface area contributed by atoms with Crippen molar-refractivity contribution in [2.75, 3.05) is 12.3 Å². The summed E-state index contributed by atoms with van der Waals surface area (Å²) in [6.07, 6.45) is 4.03. The van der Waals surface area contributed by atoms with Gasteiger partial charge in [0.05, 0.1) is 0 Å². The molecule has 0 spiro atoms. The molecule has 1 aromatic rings. The first-order valence-electron chi connectivity index (χ1n) is 4.57. The Hall–Kier alpha value is -1.22. The van der Waals surface area contributed by atoms with E-state index in [0.29, 0.717) is 5.17 Å². The van der Waals surface area contributed by atoms with Gasteiger partial charge in [0, 0.05) is 18.5 Å². The van der Waals surface area contributed by atoms with E-state index < -0.39 is 0 Å². The van der Waals surface area contributed by atoms with Crippen molar-refractivity contribution in [3.05, 3.63) is 42.1 Å². The Balaban J connectivity index is 2.03. The first-order valence-corrected chi connectivity index (χ1v) is 5.56. The molecule has 1 aliphatic heterocycles. The fourth-order valence-electron chi connectivity index (χ4n) is 1.31. The lowest BCUT2D eigenvalue weighted by Gasteiger charge is -2.09. The van der Waals surface area contributed by atoms with Crippen molar-refractivity contribution in [3.63, 3.8) is 0 Å². The lowest BCUT2D eigenvalue weighted by Crippen LogP contribution is -2.15. The summed E-state index contributed by atoms with van der Waals surface area (Å²) in [4.78, 5) is 1.97. The van der Waals surface area contributed by atoms with E-state index in [-0.39, 0.29) is 0 Å². The highest BCUT2D eigenvalue weighted by Crippen LogP contribution is 2.16. The zero-order chi connectivity index (χ0) is 9.80. The van der Waals surface area contributed by atoms with Crippen LogP contribution in [0.15, 0.2) is 36.5 Å². The Morgan fingerprint density at radius 2 is 2.07 bits per heavy atom. The highest BCUT2D eigenvalue weighted by molar-refractivity contribution is 8.14. The van der Waals surface area contributed by atoms with Crippen molar-refractivity contribution in [1.82, 2.24) is 4.90 Å². The van der Waals surface area contributed by atoms with Crippen molar-refractivity contribution in [3.8, 4) is 0 Å². The van der Waals surface area contributed by atoms with Crippen LogP contribution in [0.1, 0.15) is 5.56 Å². The molecule has 3 heteroatoms. The Labute approximate surface area is 88.1 Å². The molecule has 1 aromatic carbocycles. The Bertz CT molecular complexity index is 346. The van der Waals surface area contributed by atoms with E-state index in [2.05, 4.69) is 12.1 Å². The fourth-order valence-corrected chi connectivity index (χ4v) is 2.11. The number of hydrogen-bond acceptors (Lipinski definition) is 2. The number of nitrogens with one attached hydrogen (secondary N) is 1. The number of hydrogen-bond donors (Lipinski definition) is 1. The van der Waals surface area contributed by atoms with Crippen molar-refractivity contribution >= 4 is 23.0 Å². The molecule has 14 heavy (non-hydrogen) atoms. The molecule has 0 radical (unpaired) electrons. The third kappa shape index (κ3) is 2.17. The molecule has 1 N–H and O–H groups in total. The second-order valence-electron chi connectivity index (χ2n) is 3.07. The summed E-state index contributed by atoms with van der Waals surface area (Å²) in [7, 11) is 0. The quantitative estimate of drug-likeness (QED) is 0.801. The van der Waals surface area contributed by atoms with Gasteiger partial charge in [-0.15, -0.1) is 0 Å². The van der Waals surface area contributed by atoms with Crippen molar-refractivity contribution in [2.45, 2.75) is 0 Å². The summed E-state index contributed by atoms with van der Waals surface area (Å²) < 4.78 is 0. The summed E-state index contributed by atoms with van der Waals surface area (Å²) >= 11 is 1.60. The van der Waals surface area contributed by atoms with Gasteiger partial charge in [0.25, 0.3) is 0 Å². The molecular weight excluding hydrogens is 192 g/mol.